The second-order valence-corrected chi connectivity index (χ2v) is 4.67. The van der Waals surface area contributed by atoms with Gasteiger partial charge >= 0.3 is 0 Å². The highest BCUT2D eigenvalue weighted by Gasteiger charge is 2.18. The Morgan fingerprint density at radius 2 is 2.06 bits per heavy atom. The summed E-state index contributed by atoms with van der Waals surface area (Å²) >= 11 is 0. The molecule has 2 heteroatoms. The maximum atomic E-state index is 5.80. The van der Waals surface area contributed by atoms with Crippen molar-refractivity contribution >= 4 is 0 Å². The average molecular weight is 218 g/mol. The van der Waals surface area contributed by atoms with E-state index in [2.05, 4.69) is 18.2 Å². The number of fused-ring (bicyclic) bond motifs is 1. The lowest BCUT2D eigenvalue weighted by Gasteiger charge is -2.25. The van der Waals surface area contributed by atoms with E-state index < -0.39 is 0 Å². The largest absolute Gasteiger partial charge is 0.493 e. The van der Waals surface area contributed by atoms with Crippen molar-refractivity contribution in [2.24, 2.45) is 0 Å². The molecule has 0 bridgehead atoms. The minimum atomic E-state index is 0.296. The first-order valence-electron chi connectivity index (χ1n) is 6.31. The highest BCUT2D eigenvalue weighted by atomic mass is 16.5. The molecule has 0 radical (unpaired) electrons. The number of aryl methyl sites for hydroxylation is 1. The lowest BCUT2D eigenvalue weighted by atomic mass is 9.97. The van der Waals surface area contributed by atoms with Crippen molar-refractivity contribution in [2.45, 2.75) is 38.2 Å². The van der Waals surface area contributed by atoms with Crippen LogP contribution in [-0.2, 0) is 11.2 Å². The molecule has 3 rings (SSSR count). The third kappa shape index (κ3) is 1.94. The van der Waals surface area contributed by atoms with Crippen molar-refractivity contribution in [1.29, 1.82) is 0 Å². The first-order chi connectivity index (χ1) is 7.93. The molecule has 1 unspecified atom stereocenters. The summed E-state index contributed by atoms with van der Waals surface area (Å²) in [6, 6.07) is 6.61. The molecule has 0 spiro atoms. The van der Waals surface area contributed by atoms with Crippen LogP contribution in [0.2, 0.25) is 0 Å². The number of rotatable bonds is 1. The molecule has 0 saturated carbocycles. The van der Waals surface area contributed by atoms with Crippen molar-refractivity contribution in [3.05, 3.63) is 29.3 Å². The summed E-state index contributed by atoms with van der Waals surface area (Å²) in [6.07, 6.45) is 6.23. The van der Waals surface area contributed by atoms with Crippen LogP contribution in [0.1, 0.15) is 42.9 Å². The van der Waals surface area contributed by atoms with E-state index in [9.17, 15) is 0 Å². The van der Waals surface area contributed by atoms with E-state index in [0.717, 1.165) is 38.2 Å². The smallest absolute Gasteiger partial charge is 0.122 e. The molecule has 1 aromatic carbocycles. The van der Waals surface area contributed by atoms with Gasteiger partial charge in [-0.05, 0) is 49.3 Å². The molecule has 2 nitrogen and oxygen atoms in total. The van der Waals surface area contributed by atoms with E-state index in [1.807, 2.05) is 0 Å². The number of hydrogen-bond acceptors (Lipinski definition) is 2. The maximum Gasteiger partial charge on any atom is 0.122 e. The zero-order chi connectivity index (χ0) is 10.8. The molecule has 1 fully saturated rings. The molecule has 16 heavy (non-hydrogen) atoms. The van der Waals surface area contributed by atoms with E-state index in [4.69, 9.17) is 9.47 Å². The summed E-state index contributed by atoms with van der Waals surface area (Å²) in [4.78, 5) is 0. The van der Waals surface area contributed by atoms with Crippen molar-refractivity contribution in [3.8, 4) is 5.75 Å². The van der Waals surface area contributed by atoms with Crippen LogP contribution in [0, 0.1) is 0 Å². The van der Waals surface area contributed by atoms with Gasteiger partial charge in [0.2, 0.25) is 0 Å². The molecule has 0 amide bonds. The topological polar surface area (TPSA) is 18.5 Å². The second-order valence-electron chi connectivity index (χ2n) is 4.67. The molecule has 0 aromatic heterocycles. The number of benzene rings is 1. The fraction of sp³-hybridized carbons (Fsp3) is 0.571. The Morgan fingerprint density at radius 1 is 1.06 bits per heavy atom. The Balaban J connectivity index is 1.84. The predicted molar refractivity (Wildman–Crippen MR) is 62.8 cm³/mol. The lowest BCUT2D eigenvalue weighted by molar-refractivity contribution is 0.0148. The van der Waals surface area contributed by atoms with Crippen molar-refractivity contribution in [1.82, 2.24) is 0 Å². The van der Waals surface area contributed by atoms with Gasteiger partial charge < -0.3 is 9.47 Å². The monoisotopic (exact) mass is 218 g/mol. The van der Waals surface area contributed by atoms with Crippen molar-refractivity contribution in [2.75, 3.05) is 13.2 Å². The van der Waals surface area contributed by atoms with Gasteiger partial charge in [-0.2, -0.15) is 0 Å². The summed E-state index contributed by atoms with van der Waals surface area (Å²) in [6.45, 7) is 1.77. The fourth-order valence-corrected chi connectivity index (χ4v) is 2.56. The van der Waals surface area contributed by atoms with Crippen LogP contribution in [0.3, 0.4) is 0 Å². The molecule has 2 aliphatic heterocycles. The van der Waals surface area contributed by atoms with Gasteiger partial charge in [0.05, 0.1) is 12.7 Å². The number of hydrogen-bond donors (Lipinski definition) is 0. The predicted octanol–water partition coefficient (Wildman–Crippen LogP) is 3.25. The highest BCUT2D eigenvalue weighted by Crippen LogP contribution is 2.33. The summed E-state index contributed by atoms with van der Waals surface area (Å²) in [5.74, 6) is 1.08. The van der Waals surface area contributed by atoms with Gasteiger partial charge in [0, 0.05) is 6.61 Å². The van der Waals surface area contributed by atoms with Crippen molar-refractivity contribution in [3.63, 3.8) is 0 Å². The molecular formula is C14H18O2. The molecule has 1 aromatic rings. The quantitative estimate of drug-likeness (QED) is 0.720. The lowest BCUT2D eigenvalue weighted by Crippen LogP contribution is -2.13. The zero-order valence-corrected chi connectivity index (χ0v) is 9.58. The van der Waals surface area contributed by atoms with Gasteiger partial charge in [0.25, 0.3) is 0 Å². The Labute approximate surface area is 96.6 Å². The molecule has 0 N–H and O–H groups in total. The van der Waals surface area contributed by atoms with Crippen LogP contribution < -0.4 is 4.74 Å². The van der Waals surface area contributed by atoms with Crippen molar-refractivity contribution < 1.29 is 9.47 Å². The fourth-order valence-electron chi connectivity index (χ4n) is 2.56. The second kappa shape index (κ2) is 4.46. The van der Waals surface area contributed by atoms with Crippen LogP contribution in [0.25, 0.3) is 0 Å². The van der Waals surface area contributed by atoms with E-state index in [1.54, 1.807) is 0 Å². The standard InChI is InChI=1S/C14H18O2/c1-2-8-15-13(5-1)12-7-6-11-4-3-9-16-14(11)10-12/h6-7,10,13H,1-5,8-9H2. The SMILES string of the molecule is c1cc2c(cc1C1CCCCO1)OCCC2. The third-order valence-electron chi connectivity index (χ3n) is 3.49. The van der Waals surface area contributed by atoms with Gasteiger partial charge in [-0.3, -0.25) is 0 Å². The van der Waals surface area contributed by atoms with Gasteiger partial charge in [0.15, 0.2) is 0 Å². The van der Waals surface area contributed by atoms with Gasteiger partial charge in [-0.25, -0.2) is 0 Å². The van der Waals surface area contributed by atoms with Gasteiger partial charge in [-0.1, -0.05) is 12.1 Å². The highest BCUT2D eigenvalue weighted by molar-refractivity contribution is 5.39. The van der Waals surface area contributed by atoms with Crippen LogP contribution in [0.5, 0.6) is 5.75 Å². The molecule has 2 aliphatic rings. The summed E-state index contributed by atoms with van der Waals surface area (Å²) in [7, 11) is 0. The summed E-state index contributed by atoms with van der Waals surface area (Å²) < 4.78 is 11.5. The molecule has 86 valence electrons. The Hall–Kier alpha value is -1.02. The summed E-state index contributed by atoms with van der Waals surface area (Å²) in [5, 5.41) is 0. The molecule has 1 saturated heterocycles. The molecule has 0 aliphatic carbocycles. The van der Waals surface area contributed by atoms with Gasteiger partial charge in [-0.15, -0.1) is 0 Å². The Kier molecular flexibility index (Phi) is 2.83. The summed E-state index contributed by atoms with van der Waals surface area (Å²) in [5.41, 5.74) is 2.64. The minimum absolute atomic E-state index is 0.296. The van der Waals surface area contributed by atoms with E-state index in [0.29, 0.717) is 6.10 Å². The van der Waals surface area contributed by atoms with Crippen LogP contribution >= 0.6 is 0 Å². The van der Waals surface area contributed by atoms with Crippen LogP contribution in [0.15, 0.2) is 18.2 Å². The van der Waals surface area contributed by atoms with Gasteiger partial charge in [0.1, 0.15) is 5.75 Å². The van der Waals surface area contributed by atoms with Crippen LogP contribution in [-0.4, -0.2) is 13.2 Å². The van der Waals surface area contributed by atoms with E-state index in [1.165, 1.54) is 24.0 Å². The minimum Gasteiger partial charge on any atom is -0.493 e. The first kappa shape index (κ1) is 10.2. The zero-order valence-electron chi connectivity index (χ0n) is 9.58. The van der Waals surface area contributed by atoms with Crippen LogP contribution in [0.4, 0.5) is 0 Å². The average Bonchev–Trinajstić information content (AvgIpc) is 2.39. The Morgan fingerprint density at radius 3 is 2.94 bits per heavy atom. The number of ether oxygens (including phenoxy) is 2. The molecule has 2 heterocycles. The third-order valence-corrected chi connectivity index (χ3v) is 3.49. The van der Waals surface area contributed by atoms with E-state index >= 15 is 0 Å². The Bertz CT molecular complexity index is 367. The van der Waals surface area contributed by atoms with E-state index in [-0.39, 0.29) is 0 Å². The normalized spacial score (nSPS) is 24.6. The first-order valence-corrected chi connectivity index (χ1v) is 6.31. The molecule has 1 atom stereocenters. The maximum absolute atomic E-state index is 5.80. The molecular weight excluding hydrogens is 200 g/mol.